The first-order valence-corrected chi connectivity index (χ1v) is 9.51. The molecule has 0 aromatic heterocycles. The first-order chi connectivity index (χ1) is 12.3. The summed E-state index contributed by atoms with van der Waals surface area (Å²) in [5.41, 5.74) is 1.39. The van der Waals surface area contributed by atoms with Crippen LogP contribution < -0.4 is 5.32 Å². The predicted molar refractivity (Wildman–Crippen MR) is 117 cm³/mol. The van der Waals surface area contributed by atoms with Gasteiger partial charge in [-0.05, 0) is 30.7 Å². The standard InChI is InChI=1S/C20H31N3O2.HI/c1-16(17-7-4-3-5-8-17)10-11-22-20(21-2)23-12-14-25-19(15-23)18-9-6-13-24-18;/h3-5,7-8,16,18-19H,6,9-15H2,1-2H3,(H,21,22);1H. The summed E-state index contributed by atoms with van der Waals surface area (Å²) in [5.74, 6) is 1.52. The van der Waals surface area contributed by atoms with Gasteiger partial charge in [-0.15, -0.1) is 24.0 Å². The van der Waals surface area contributed by atoms with Crippen LogP contribution in [0.3, 0.4) is 0 Å². The van der Waals surface area contributed by atoms with Crippen LogP contribution in [0.25, 0.3) is 0 Å². The minimum absolute atomic E-state index is 0. The number of halogens is 1. The Kier molecular flexibility index (Phi) is 9.15. The summed E-state index contributed by atoms with van der Waals surface area (Å²) in [4.78, 5) is 6.79. The molecule has 26 heavy (non-hydrogen) atoms. The van der Waals surface area contributed by atoms with E-state index in [0.29, 0.717) is 5.92 Å². The summed E-state index contributed by atoms with van der Waals surface area (Å²) in [5, 5.41) is 3.53. The van der Waals surface area contributed by atoms with Crippen molar-refractivity contribution in [3.8, 4) is 0 Å². The lowest BCUT2D eigenvalue weighted by atomic mass is 9.98. The third-order valence-electron chi connectivity index (χ3n) is 5.21. The van der Waals surface area contributed by atoms with Gasteiger partial charge in [-0.25, -0.2) is 0 Å². The van der Waals surface area contributed by atoms with Crippen molar-refractivity contribution in [3.63, 3.8) is 0 Å². The first-order valence-electron chi connectivity index (χ1n) is 9.51. The fraction of sp³-hybridized carbons (Fsp3) is 0.650. The second-order valence-electron chi connectivity index (χ2n) is 6.98. The third-order valence-corrected chi connectivity index (χ3v) is 5.21. The van der Waals surface area contributed by atoms with Gasteiger partial charge in [-0.3, -0.25) is 4.99 Å². The second-order valence-corrected chi connectivity index (χ2v) is 6.98. The molecule has 146 valence electrons. The Hall–Kier alpha value is -0.860. The van der Waals surface area contributed by atoms with E-state index in [0.717, 1.165) is 58.1 Å². The maximum Gasteiger partial charge on any atom is 0.193 e. The number of aliphatic imine (C=N–C) groups is 1. The van der Waals surface area contributed by atoms with Crippen LogP contribution in [0.15, 0.2) is 35.3 Å². The number of hydrogen-bond donors (Lipinski definition) is 1. The fourth-order valence-corrected chi connectivity index (χ4v) is 3.67. The van der Waals surface area contributed by atoms with Gasteiger partial charge < -0.3 is 19.7 Å². The SMILES string of the molecule is CN=C(NCCC(C)c1ccccc1)N1CCOC(C2CCCO2)C1.I. The van der Waals surface area contributed by atoms with Crippen LogP contribution in [-0.4, -0.2) is 63.0 Å². The van der Waals surface area contributed by atoms with Crippen molar-refractivity contribution in [3.05, 3.63) is 35.9 Å². The van der Waals surface area contributed by atoms with Gasteiger partial charge in [-0.1, -0.05) is 37.3 Å². The molecule has 1 N–H and O–H groups in total. The van der Waals surface area contributed by atoms with E-state index in [4.69, 9.17) is 9.47 Å². The molecular weight excluding hydrogens is 441 g/mol. The van der Waals surface area contributed by atoms with E-state index in [1.165, 1.54) is 5.56 Å². The molecule has 0 amide bonds. The van der Waals surface area contributed by atoms with Crippen molar-refractivity contribution in [2.75, 3.05) is 39.9 Å². The molecular formula is C20H32IN3O2. The molecule has 3 unspecified atom stereocenters. The van der Waals surface area contributed by atoms with Crippen LogP contribution in [-0.2, 0) is 9.47 Å². The molecule has 2 aliphatic rings. The maximum absolute atomic E-state index is 5.94. The Balaban J connectivity index is 0.00000243. The highest BCUT2D eigenvalue weighted by Crippen LogP contribution is 2.21. The topological polar surface area (TPSA) is 46.1 Å². The monoisotopic (exact) mass is 473 g/mol. The van der Waals surface area contributed by atoms with E-state index in [9.17, 15) is 0 Å². The zero-order valence-electron chi connectivity index (χ0n) is 15.9. The Bertz CT molecular complexity index is 549. The average molecular weight is 473 g/mol. The van der Waals surface area contributed by atoms with E-state index in [1.54, 1.807) is 0 Å². The van der Waals surface area contributed by atoms with Gasteiger partial charge in [0.15, 0.2) is 5.96 Å². The van der Waals surface area contributed by atoms with Gasteiger partial charge >= 0.3 is 0 Å². The smallest absolute Gasteiger partial charge is 0.193 e. The summed E-state index contributed by atoms with van der Waals surface area (Å²) in [7, 11) is 1.86. The van der Waals surface area contributed by atoms with E-state index in [1.807, 2.05) is 7.05 Å². The minimum Gasteiger partial charge on any atom is -0.375 e. The number of nitrogens with one attached hydrogen (secondary N) is 1. The summed E-state index contributed by atoms with van der Waals surface area (Å²) >= 11 is 0. The van der Waals surface area contributed by atoms with Crippen molar-refractivity contribution in [1.82, 2.24) is 10.2 Å². The molecule has 0 aliphatic carbocycles. The van der Waals surface area contributed by atoms with Crippen molar-refractivity contribution in [2.45, 2.75) is 44.3 Å². The Morgan fingerprint density at radius 3 is 2.69 bits per heavy atom. The second kappa shape index (κ2) is 11.1. The number of guanidine groups is 1. The van der Waals surface area contributed by atoms with Crippen LogP contribution in [0.2, 0.25) is 0 Å². The molecule has 0 bridgehead atoms. The fourth-order valence-electron chi connectivity index (χ4n) is 3.67. The van der Waals surface area contributed by atoms with Gasteiger partial charge in [0.2, 0.25) is 0 Å². The highest BCUT2D eigenvalue weighted by atomic mass is 127. The number of hydrogen-bond acceptors (Lipinski definition) is 3. The summed E-state index contributed by atoms with van der Waals surface area (Å²) in [6, 6.07) is 10.7. The average Bonchev–Trinajstić information content (AvgIpc) is 3.21. The molecule has 0 radical (unpaired) electrons. The van der Waals surface area contributed by atoms with Crippen LogP contribution in [0.4, 0.5) is 0 Å². The molecule has 2 aliphatic heterocycles. The molecule has 3 rings (SSSR count). The van der Waals surface area contributed by atoms with Gasteiger partial charge in [0.05, 0.1) is 12.7 Å². The van der Waals surface area contributed by atoms with Gasteiger partial charge in [0.1, 0.15) is 6.10 Å². The molecule has 0 spiro atoms. The van der Waals surface area contributed by atoms with Crippen molar-refractivity contribution >= 4 is 29.9 Å². The normalized spacial score (nSPS) is 24.8. The lowest BCUT2D eigenvalue weighted by Crippen LogP contribution is -2.53. The molecule has 1 aromatic rings. The van der Waals surface area contributed by atoms with Crippen molar-refractivity contribution in [2.24, 2.45) is 4.99 Å². The number of ether oxygens (including phenoxy) is 2. The Labute approximate surface area is 174 Å². The Morgan fingerprint density at radius 1 is 1.23 bits per heavy atom. The number of morpholine rings is 1. The largest absolute Gasteiger partial charge is 0.375 e. The third kappa shape index (κ3) is 5.82. The van der Waals surface area contributed by atoms with Crippen LogP contribution >= 0.6 is 24.0 Å². The van der Waals surface area contributed by atoms with Crippen LogP contribution in [0, 0.1) is 0 Å². The van der Waals surface area contributed by atoms with Crippen LogP contribution in [0.1, 0.15) is 37.7 Å². The molecule has 0 saturated carbocycles. The molecule has 3 atom stereocenters. The zero-order chi connectivity index (χ0) is 17.5. The van der Waals surface area contributed by atoms with E-state index in [2.05, 4.69) is 52.5 Å². The molecule has 2 heterocycles. The van der Waals surface area contributed by atoms with Crippen molar-refractivity contribution in [1.29, 1.82) is 0 Å². The van der Waals surface area contributed by atoms with E-state index >= 15 is 0 Å². The maximum atomic E-state index is 5.94. The highest BCUT2D eigenvalue weighted by Gasteiger charge is 2.32. The van der Waals surface area contributed by atoms with Gasteiger partial charge in [-0.2, -0.15) is 0 Å². The lowest BCUT2D eigenvalue weighted by molar-refractivity contribution is -0.0816. The summed E-state index contributed by atoms with van der Waals surface area (Å²) in [6.07, 6.45) is 3.76. The number of nitrogens with zero attached hydrogens (tertiary/aromatic N) is 2. The van der Waals surface area contributed by atoms with Gasteiger partial charge in [0.25, 0.3) is 0 Å². The summed E-state index contributed by atoms with van der Waals surface area (Å²) < 4.78 is 11.7. The summed E-state index contributed by atoms with van der Waals surface area (Å²) in [6.45, 7) is 6.56. The van der Waals surface area contributed by atoms with Crippen LogP contribution in [0.5, 0.6) is 0 Å². The minimum atomic E-state index is 0. The highest BCUT2D eigenvalue weighted by molar-refractivity contribution is 14.0. The number of rotatable bonds is 5. The molecule has 6 heteroatoms. The predicted octanol–water partition coefficient (Wildman–Crippen LogP) is 3.25. The molecule has 2 fully saturated rings. The van der Waals surface area contributed by atoms with E-state index < -0.39 is 0 Å². The molecule has 2 saturated heterocycles. The number of benzene rings is 1. The first kappa shape index (κ1) is 21.4. The zero-order valence-corrected chi connectivity index (χ0v) is 18.2. The van der Waals surface area contributed by atoms with Gasteiger partial charge in [0, 0.05) is 33.3 Å². The lowest BCUT2D eigenvalue weighted by Gasteiger charge is -2.37. The van der Waals surface area contributed by atoms with Crippen molar-refractivity contribution < 1.29 is 9.47 Å². The Morgan fingerprint density at radius 2 is 2.00 bits per heavy atom. The van der Waals surface area contributed by atoms with E-state index in [-0.39, 0.29) is 36.2 Å². The molecule has 1 aromatic carbocycles. The quantitative estimate of drug-likeness (QED) is 0.405. The molecule has 5 nitrogen and oxygen atoms in total.